The summed E-state index contributed by atoms with van der Waals surface area (Å²) in [6, 6.07) is 50.7. The molecule has 2 aliphatic rings. The van der Waals surface area contributed by atoms with Gasteiger partial charge in [0.25, 0.3) is 0 Å². The summed E-state index contributed by atoms with van der Waals surface area (Å²) >= 11 is 0. The van der Waals surface area contributed by atoms with Crippen molar-refractivity contribution in [2.75, 3.05) is 0 Å². The third-order valence-corrected chi connectivity index (χ3v) is 9.00. The number of H-pyrrole nitrogens is 2. The van der Waals surface area contributed by atoms with E-state index in [-0.39, 0.29) is 16.8 Å². The van der Waals surface area contributed by atoms with E-state index < -0.39 is 0 Å². The van der Waals surface area contributed by atoms with Gasteiger partial charge in [0.2, 0.25) is 0 Å². The topological polar surface area (TPSA) is 57.4 Å². The van der Waals surface area contributed by atoms with Crippen molar-refractivity contribution >= 4 is 46.4 Å². The van der Waals surface area contributed by atoms with E-state index in [9.17, 15) is 0 Å². The van der Waals surface area contributed by atoms with Crippen LogP contribution in [0.25, 0.3) is 90.9 Å². The number of nitrogens with zero attached hydrogens (tertiary/aromatic N) is 2. The van der Waals surface area contributed by atoms with Crippen LogP contribution in [0.4, 0.5) is 0 Å². The molecule has 4 nitrogen and oxygen atoms in total. The van der Waals surface area contributed by atoms with E-state index in [2.05, 4.69) is 156 Å². The van der Waals surface area contributed by atoms with Gasteiger partial charge < -0.3 is 9.97 Å². The third-order valence-electron chi connectivity index (χ3n) is 9.00. The van der Waals surface area contributed by atoms with Gasteiger partial charge in [-0.1, -0.05) is 121 Å². The van der Waals surface area contributed by atoms with Gasteiger partial charge in [-0.3, -0.25) is 0 Å². The largest absolute Gasteiger partial charge is 2.00 e. The van der Waals surface area contributed by atoms with Crippen molar-refractivity contribution < 1.29 is 16.8 Å². The second kappa shape index (κ2) is 12.9. The molecule has 0 aliphatic carbocycles. The molecule has 0 amide bonds. The van der Waals surface area contributed by atoms with Crippen LogP contribution >= 0.6 is 0 Å². The second-order valence-electron chi connectivity index (χ2n) is 12.0. The summed E-state index contributed by atoms with van der Waals surface area (Å²) in [5, 5.41) is 0. The van der Waals surface area contributed by atoms with Gasteiger partial charge in [0.1, 0.15) is 0 Å². The van der Waals surface area contributed by atoms with Gasteiger partial charge in [-0.05, 0) is 70.8 Å². The minimum atomic E-state index is 0. The molecule has 3 aromatic heterocycles. The number of hydrogen-bond acceptors (Lipinski definition) is 2. The summed E-state index contributed by atoms with van der Waals surface area (Å²) in [4.78, 5) is 18.3. The van der Waals surface area contributed by atoms with Crippen molar-refractivity contribution in [3.05, 3.63) is 168 Å². The van der Waals surface area contributed by atoms with Gasteiger partial charge in [0.15, 0.2) is 0 Å². The fourth-order valence-corrected chi connectivity index (χ4v) is 6.84. The molecule has 0 saturated heterocycles. The van der Waals surface area contributed by atoms with Crippen LogP contribution in [-0.2, 0) is 16.8 Å². The molecule has 0 unspecified atom stereocenters. The minimum absolute atomic E-state index is 0. The predicted molar refractivity (Wildman–Crippen MR) is 201 cm³/mol. The van der Waals surface area contributed by atoms with E-state index in [1.807, 2.05) is 24.3 Å². The maximum atomic E-state index is 5.35. The normalized spacial score (nSPS) is 11.8. The fraction of sp³-hybridized carbons (Fsp3) is 0. The van der Waals surface area contributed by atoms with Crippen molar-refractivity contribution in [1.29, 1.82) is 0 Å². The van der Waals surface area contributed by atoms with Crippen LogP contribution in [0.1, 0.15) is 22.8 Å². The van der Waals surface area contributed by atoms with Gasteiger partial charge in [-0.2, -0.15) is 0 Å². The molecule has 0 spiro atoms. The molecule has 5 heterocycles. The molecule has 49 heavy (non-hydrogen) atoms. The van der Waals surface area contributed by atoms with Crippen LogP contribution < -0.4 is 0 Å². The molecule has 9 rings (SSSR count). The molecule has 233 valence electrons. The van der Waals surface area contributed by atoms with Crippen LogP contribution in [0.5, 0.6) is 0 Å². The molecule has 5 heteroatoms. The van der Waals surface area contributed by atoms with E-state index in [1.165, 1.54) is 0 Å². The second-order valence-corrected chi connectivity index (χ2v) is 12.0. The minimum Gasteiger partial charge on any atom is -0.354 e. The SMILES string of the molecule is C1=Cc2nc1c(-c1ccccc1)c1ccc([nH]1)c(-c1ccccc1)c1nc(c(-c3ccccc3)c3ccc([nH]3)c2-c2ccccc2)C=C1.[Co+2]. The van der Waals surface area contributed by atoms with Crippen LogP contribution in [-0.4, -0.2) is 19.9 Å². The number of fused-ring (bicyclic) bond motifs is 8. The first kappa shape index (κ1) is 30.3. The first-order valence-corrected chi connectivity index (χ1v) is 16.2. The van der Waals surface area contributed by atoms with Crippen molar-refractivity contribution in [2.45, 2.75) is 0 Å². The average Bonchev–Trinajstić information content (AvgIpc) is 3.98. The fourth-order valence-electron chi connectivity index (χ4n) is 6.84. The van der Waals surface area contributed by atoms with Gasteiger partial charge in [0, 0.05) is 44.3 Å². The van der Waals surface area contributed by atoms with Crippen molar-refractivity contribution in [3.63, 3.8) is 0 Å². The summed E-state index contributed by atoms with van der Waals surface area (Å²) in [6.45, 7) is 0. The summed E-state index contributed by atoms with van der Waals surface area (Å²) in [5.41, 5.74) is 16.2. The number of benzene rings is 4. The Morgan fingerprint density at radius 2 is 0.510 bits per heavy atom. The number of aromatic amines is 2. The molecule has 0 saturated carbocycles. The molecule has 0 fully saturated rings. The van der Waals surface area contributed by atoms with Crippen molar-refractivity contribution in [1.82, 2.24) is 19.9 Å². The molecule has 1 radical (unpaired) electrons. The zero-order valence-corrected chi connectivity index (χ0v) is 27.4. The zero-order valence-electron chi connectivity index (χ0n) is 26.4. The Bertz CT molecular complexity index is 2180. The van der Waals surface area contributed by atoms with E-state index >= 15 is 0 Å². The summed E-state index contributed by atoms with van der Waals surface area (Å²) in [7, 11) is 0. The molecule has 8 bridgehead atoms. The van der Waals surface area contributed by atoms with Crippen LogP contribution in [0.15, 0.2) is 146 Å². The molecule has 2 aliphatic heterocycles. The number of rotatable bonds is 4. The van der Waals surface area contributed by atoms with Gasteiger partial charge in [0.05, 0.1) is 22.8 Å². The van der Waals surface area contributed by atoms with E-state index in [4.69, 9.17) is 9.97 Å². The standard InChI is InChI=1S/C44H30N4.Co/c1-5-13-29(14-6-1)41-33-21-23-35(45-33)42(30-15-7-2-8-16-30)37-25-27-39(47-37)44(32-19-11-4-12-20-32)40-28-26-38(48-40)43(31-17-9-3-10-18-31)36-24-22-34(41)46-36;/h1-28,45,48H;/q;+2. The average molecular weight is 674 g/mol. The maximum absolute atomic E-state index is 5.35. The van der Waals surface area contributed by atoms with E-state index in [1.54, 1.807) is 0 Å². The molecule has 0 atom stereocenters. The van der Waals surface area contributed by atoms with Gasteiger partial charge >= 0.3 is 16.8 Å². The van der Waals surface area contributed by atoms with Gasteiger partial charge in [-0.25, -0.2) is 9.97 Å². The Hall–Kier alpha value is -6.01. The quantitative estimate of drug-likeness (QED) is 0.195. The Morgan fingerprint density at radius 3 is 0.735 bits per heavy atom. The van der Waals surface area contributed by atoms with Crippen LogP contribution in [0.3, 0.4) is 0 Å². The molecule has 2 N–H and O–H groups in total. The zero-order chi connectivity index (χ0) is 31.9. The number of hydrogen-bond donors (Lipinski definition) is 2. The van der Waals surface area contributed by atoms with Crippen molar-refractivity contribution in [2.24, 2.45) is 0 Å². The molecular weight excluding hydrogens is 643 g/mol. The Labute approximate surface area is 294 Å². The Kier molecular flexibility index (Phi) is 7.98. The Morgan fingerprint density at radius 1 is 0.286 bits per heavy atom. The summed E-state index contributed by atoms with van der Waals surface area (Å²) < 4.78 is 0. The molecule has 4 aromatic carbocycles. The first-order chi connectivity index (χ1) is 23.8. The summed E-state index contributed by atoms with van der Waals surface area (Å²) in [6.07, 6.45) is 8.54. The van der Waals surface area contributed by atoms with Crippen LogP contribution in [0.2, 0.25) is 0 Å². The van der Waals surface area contributed by atoms with Crippen molar-refractivity contribution in [3.8, 4) is 44.5 Å². The summed E-state index contributed by atoms with van der Waals surface area (Å²) in [5.74, 6) is 0. The predicted octanol–water partition coefficient (Wildman–Crippen LogP) is 11.3. The smallest absolute Gasteiger partial charge is 0.354 e. The first-order valence-electron chi connectivity index (χ1n) is 16.2. The number of nitrogens with one attached hydrogen (secondary N) is 2. The third kappa shape index (κ3) is 5.55. The number of aromatic nitrogens is 4. The molecule has 7 aromatic rings. The van der Waals surface area contributed by atoms with E-state index in [0.29, 0.717) is 0 Å². The maximum Gasteiger partial charge on any atom is 2.00 e. The van der Waals surface area contributed by atoms with Crippen LogP contribution in [0, 0.1) is 0 Å². The molecular formula is C44H30CoN4+2. The van der Waals surface area contributed by atoms with Gasteiger partial charge in [-0.15, -0.1) is 0 Å². The Balaban J connectivity index is 0.00000348. The van der Waals surface area contributed by atoms with E-state index in [0.717, 1.165) is 89.4 Å². The monoisotopic (exact) mass is 673 g/mol.